The van der Waals surface area contributed by atoms with E-state index >= 15 is 0 Å². The average Bonchev–Trinajstić information content (AvgIpc) is 2.15. The van der Waals surface area contributed by atoms with Crippen LogP contribution in [0.2, 0.25) is 0 Å². The molecule has 0 spiro atoms. The van der Waals surface area contributed by atoms with E-state index in [0.717, 1.165) is 11.8 Å². The molecule has 0 aliphatic heterocycles. The number of hydrogen-bond donors (Lipinski definition) is 3. The van der Waals surface area contributed by atoms with Crippen molar-refractivity contribution in [3.05, 3.63) is 0 Å². The molecule has 0 saturated heterocycles. The van der Waals surface area contributed by atoms with Crippen LogP contribution < -0.4 is 10.6 Å². The molecule has 1 atom stereocenters. The number of nitrogens with one attached hydrogen (secondary N) is 2. The second-order valence-corrected chi connectivity index (χ2v) is 4.82. The fraction of sp³-hybridized carbons (Fsp3) is 0.700. The van der Waals surface area contributed by atoms with Crippen LogP contribution in [-0.4, -0.2) is 46.5 Å². The molecule has 7 heteroatoms. The lowest BCUT2D eigenvalue weighted by molar-refractivity contribution is -0.134. The quantitative estimate of drug-likeness (QED) is 0.592. The van der Waals surface area contributed by atoms with Gasteiger partial charge in [0.2, 0.25) is 11.8 Å². The van der Waals surface area contributed by atoms with Crippen molar-refractivity contribution in [2.75, 3.05) is 11.5 Å². The Morgan fingerprint density at radius 2 is 1.71 bits per heavy atom. The van der Waals surface area contributed by atoms with Gasteiger partial charge in [-0.3, -0.25) is 14.4 Å². The van der Waals surface area contributed by atoms with E-state index in [1.807, 2.05) is 13.8 Å². The minimum Gasteiger partial charge on any atom is -0.481 e. The van der Waals surface area contributed by atoms with Crippen molar-refractivity contribution in [1.82, 2.24) is 10.6 Å². The summed E-state index contributed by atoms with van der Waals surface area (Å²) in [5, 5.41) is 13.5. The lowest BCUT2D eigenvalue weighted by Crippen LogP contribution is -2.47. The third kappa shape index (κ3) is 8.56. The maximum absolute atomic E-state index is 11.4. The number of carboxylic acid groups (broad SMARTS) is 1. The van der Waals surface area contributed by atoms with E-state index in [1.54, 1.807) is 6.92 Å². The summed E-state index contributed by atoms with van der Waals surface area (Å²) < 4.78 is 0. The number of hydrogen-bond acceptors (Lipinski definition) is 4. The van der Waals surface area contributed by atoms with Crippen LogP contribution in [-0.2, 0) is 14.4 Å². The Balaban J connectivity index is 3.87. The highest BCUT2D eigenvalue weighted by Gasteiger charge is 2.16. The molecule has 1 unspecified atom stereocenters. The van der Waals surface area contributed by atoms with E-state index in [-0.39, 0.29) is 29.4 Å². The molecule has 3 N–H and O–H groups in total. The van der Waals surface area contributed by atoms with Crippen molar-refractivity contribution >= 4 is 29.5 Å². The van der Waals surface area contributed by atoms with Gasteiger partial charge in [-0.25, -0.2) is 0 Å². The first kappa shape index (κ1) is 15.8. The van der Waals surface area contributed by atoms with Crippen LogP contribution in [0.3, 0.4) is 0 Å². The maximum atomic E-state index is 11.4. The van der Waals surface area contributed by atoms with Gasteiger partial charge in [-0.1, -0.05) is 0 Å². The van der Waals surface area contributed by atoms with Crippen LogP contribution in [0.25, 0.3) is 0 Å². The van der Waals surface area contributed by atoms with Crippen LogP contribution in [0.1, 0.15) is 20.8 Å². The molecule has 0 aromatic rings. The Bertz CT molecular complexity index is 294. The van der Waals surface area contributed by atoms with Gasteiger partial charge in [-0.15, -0.1) is 11.8 Å². The summed E-state index contributed by atoms with van der Waals surface area (Å²) in [6.07, 6.45) is 0. The third-order valence-electron chi connectivity index (χ3n) is 1.66. The van der Waals surface area contributed by atoms with Crippen molar-refractivity contribution in [3.8, 4) is 0 Å². The van der Waals surface area contributed by atoms with Crippen LogP contribution in [0, 0.1) is 0 Å². The molecule has 0 bridgehead atoms. The zero-order chi connectivity index (χ0) is 13.4. The molecule has 0 aromatic carbocycles. The molecular weight excluding hydrogens is 244 g/mol. The van der Waals surface area contributed by atoms with Crippen LogP contribution in [0.4, 0.5) is 0 Å². The van der Waals surface area contributed by atoms with Crippen LogP contribution in [0.15, 0.2) is 0 Å². The maximum Gasteiger partial charge on any atom is 0.313 e. The average molecular weight is 262 g/mol. The normalized spacial score (nSPS) is 12.0. The van der Waals surface area contributed by atoms with Gasteiger partial charge in [0.15, 0.2) is 0 Å². The van der Waals surface area contributed by atoms with E-state index in [4.69, 9.17) is 5.11 Å². The summed E-state index contributed by atoms with van der Waals surface area (Å²) in [4.78, 5) is 33.0. The number of carbonyl (C=O) groups excluding carboxylic acids is 2. The monoisotopic (exact) mass is 262 g/mol. The summed E-state index contributed by atoms with van der Waals surface area (Å²) in [6, 6.07) is -0.599. The van der Waals surface area contributed by atoms with Crippen molar-refractivity contribution in [1.29, 1.82) is 0 Å². The Labute approximate surface area is 105 Å². The number of carboxylic acids is 1. The minimum atomic E-state index is -0.964. The van der Waals surface area contributed by atoms with Crippen LogP contribution >= 0.6 is 11.8 Å². The van der Waals surface area contributed by atoms with Gasteiger partial charge in [0.1, 0.15) is 6.04 Å². The van der Waals surface area contributed by atoms with Gasteiger partial charge in [-0.2, -0.15) is 0 Å². The predicted molar refractivity (Wildman–Crippen MR) is 65.8 cm³/mol. The molecule has 98 valence electrons. The highest BCUT2D eigenvalue weighted by molar-refractivity contribution is 8.00. The molecule has 2 amide bonds. The van der Waals surface area contributed by atoms with Gasteiger partial charge in [0, 0.05) is 6.04 Å². The number of rotatable bonds is 7. The van der Waals surface area contributed by atoms with E-state index in [0.29, 0.717) is 0 Å². The summed E-state index contributed by atoms with van der Waals surface area (Å²) in [5.74, 6) is -1.65. The molecule has 0 aliphatic rings. The van der Waals surface area contributed by atoms with E-state index < -0.39 is 12.0 Å². The number of amides is 2. The summed E-state index contributed by atoms with van der Waals surface area (Å²) in [6.45, 7) is 5.24. The summed E-state index contributed by atoms with van der Waals surface area (Å²) in [5.41, 5.74) is 0. The highest BCUT2D eigenvalue weighted by atomic mass is 32.2. The molecule has 6 nitrogen and oxygen atoms in total. The topological polar surface area (TPSA) is 95.5 Å². The zero-order valence-electron chi connectivity index (χ0n) is 10.1. The number of aliphatic carboxylic acids is 1. The smallest absolute Gasteiger partial charge is 0.313 e. The third-order valence-corrected chi connectivity index (χ3v) is 2.58. The molecule has 0 saturated carbocycles. The lowest BCUT2D eigenvalue weighted by Gasteiger charge is -2.15. The molecule has 0 fully saturated rings. The molecule has 0 aliphatic carbocycles. The largest absolute Gasteiger partial charge is 0.481 e. The first-order valence-corrected chi connectivity index (χ1v) is 6.37. The molecule has 0 radical (unpaired) electrons. The fourth-order valence-corrected chi connectivity index (χ4v) is 1.53. The predicted octanol–water partition coefficient (Wildman–Crippen LogP) is -0.166. The van der Waals surface area contributed by atoms with Gasteiger partial charge in [-0.05, 0) is 20.8 Å². The van der Waals surface area contributed by atoms with E-state index in [2.05, 4.69) is 10.6 Å². The number of carbonyl (C=O) groups is 3. The van der Waals surface area contributed by atoms with Crippen LogP contribution in [0.5, 0.6) is 0 Å². The standard InChI is InChI=1S/C10H18N2O4S/c1-6(2)11-10(16)7(3)12-8(13)4-17-5-9(14)15/h6-7H,4-5H2,1-3H3,(H,11,16)(H,12,13)(H,14,15). The second-order valence-electron chi connectivity index (χ2n) is 3.84. The SMILES string of the molecule is CC(C)NC(=O)C(C)NC(=O)CSCC(=O)O. The van der Waals surface area contributed by atoms with Crippen molar-refractivity contribution in [2.24, 2.45) is 0 Å². The molecule has 0 rings (SSSR count). The molecular formula is C10H18N2O4S. The molecule has 0 heterocycles. The van der Waals surface area contributed by atoms with Gasteiger partial charge >= 0.3 is 5.97 Å². The van der Waals surface area contributed by atoms with E-state index in [9.17, 15) is 14.4 Å². The van der Waals surface area contributed by atoms with Crippen molar-refractivity contribution < 1.29 is 19.5 Å². The summed E-state index contributed by atoms with van der Waals surface area (Å²) in [7, 11) is 0. The second kappa shape index (κ2) is 7.94. The zero-order valence-corrected chi connectivity index (χ0v) is 11.0. The lowest BCUT2D eigenvalue weighted by atomic mass is 10.3. The highest BCUT2D eigenvalue weighted by Crippen LogP contribution is 1.98. The summed E-state index contributed by atoms with van der Waals surface area (Å²) >= 11 is 0.994. The first-order valence-electron chi connectivity index (χ1n) is 5.22. The number of thioether (sulfide) groups is 1. The van der Waals surface area contributed by atoms with Gasteiger partial charge in [0.05, 0.1) is 11.5 Å². The fourth-order valence-electron chi connectivity index (χ4n) is 0.989. The molecule has 0 aromatic heterocycles. The van der Waals surface area contributed by atoms with Gasteiger partial charge in [0.25, 0.3) is 0 Å². The minimum absolute atomic E-state index is 0.0169. The Hall–Kier alpha value is -1.24. The Kier molecular flexibility index (Phi) is 7.36. The van der Waals surface area contributed by atoms with E-state index in [1.165, 1.54) is 0 Å². The first-order chi connectivity index (χ1) is 7.82. The molecule has 17 heavy (non-hydrogen) atoms. The van der Waals surface area contributed by atoms with Gasteiger partial charge < -0.3 is 15.7 Å². The van der Waals surface area contributed by atoms with Crippen molar-refractivity contribution in [3.63, 3.8) is 0 Å². The Morgan fingerprint density at radius 1 is 1.12 bits per heavy atom. The Morgan fingerprint density at radius 3 is 2.18 bits per heavy atom. The van der Waals surface area contributed by atoms with Crippen molar-refractivity contribution in [2.45, 2.75) is 32.9 Å².